The molecule has 14 heavy (non-hydrogen) atoms. The van der Waals surface area contributed by atoms with Crippen molar-refractivity contribution in [3.05, 3.63) is 0 Å². The molecular formula is C11H24N2O. The number of hydrogen-bond acceptors (Lipinski definition) is 3. The maximum atomic E-state index is 5.73. The first kappa shape index (κ1) is 12.0. The summed E-state index contributed by atoms with van der Waals surface area (Å²) in [5.41, 5.74) is 5.81. The third-order valence-electron chi connectivity index (χ3n) is 3.28. The SMILES string of the molecule is CN(CC1CCCCO1)C(C)(C)CN. The van der Waals surface area contributed by atoms with E-state index < -0.39 is 0 Å². The molecule has 1 atom stereocenters. The Balaban J connectivity index is 2.34. The Kier molecular flexibility index (Phi) is 4.35. The van der Waals surface area contributed by atoms with Crippen LogP contribution in [0, 0.1) is 0 Å². The van der Waals surface area contributed by atoms with Crippen LogP contribution in [0.4, 0.5) is 0 Å². The van der Waals surface area contributed by atoms with Crippen LogP contribution in [0.2, 0.25) is 0 Å². The molecule has 0 saturated carbocycles. The van der Waals surface area contributed by atoms with Crippen molar-refractivity contribution >= 4 is 0 Å². The molecule has 3 nitrogen and oxygen atoms in total. The minimum absolute atomic E-state index is 0.0841. The minimum Gasteiger partial charge on any atom is -0.377 e. The van der Waals surface area contributed by atoms with Crippen molar-refractivity contribution in [1.29, 1.82) is 0 Å². The second-order valence-electron chi connectivity index (χ2n) is 4.89. The van der Waals surface area contributed by atoms with E-state index in [2.05, 4.69) is 25.8 Å². The van der Waals surface area contributed by atoms with E-state index in [-0.39, 0.29) is 5.54 Å². The highest BCUT2D eigenvalue weighted by molar-refractivity contribution is 4.82. The van der Waals surface area contributed by atoms with Gasteiger partial charge in [0.1, 0.15) is 0 Å². The maximum absolute atomic E-state index is 5.73. The van der Waals surface area contributed by atoms with E-state index >= 15 is 0 Å². The summed E-state index contributed by atoms with van der Waals surface area (Å²) in [6.07, 6.45) is 4.15. The van der Waals surface area contributed by atoms with Crippen molar-refractivity contribution in [3.8, 4) is 0 Å². The molecule has 1 heterocycles. The Bertz CT molecular complexity index is 165. The van der Waals surface area contributed by atoms with Gasteiger partial charge < -0.3 is 10.5 Å². The third kappa shape index (κ3) is 3.23. The molecule has 0 aromatic carbocycles. The van der Waals surface area contributed by atoms with Crippen LogP contribution in [0.1, 0.15) is 33.1 Å². The summed E-state index contributed by atoms with van der Waals surface area (Å²) < 4.78 is 5.71. The molecule has 1 fully saturated rings. The smallest absolute Gasteiger partial charge is 0.0702 e. The molecule has 2 N–H and O–H groups in total. The zero-order chi connectivity index (χ0) is 10.6. The summed E-state index contributed by atoms with van der Waals surface area (Å²) in [6, 6.07) is 0. The maximum Gasteiger partial charge on any atom is 0.0702 e. The van der Waals surface area contributed by atoms with Crippen molar-refractivity contribution in [2.24, 2.45) is 5.73 Å². The molecule has 0 radical (unpaired) electrons. The van der Waals surface area contributed by atoms with Gasteiger partial charge in [-0.25, -0.2) is 0 Å². The van der Waals surface area contributed by atoms with Gasteiger partial charge in [0.05, 0.1) is 6.10 Å². The molecule has 1 unspecified atom stereocenters. The molecule has 1 aliphatic rings. The summed E-state index contributed by atoms with van der Waals surface area (Å²) in [4.78, 5) is 2.31. The molecule has 0 amide bonds. The predicted octanol–water partition coefficient (Wildman–Crippen LogP) is 1.22. The Labute approximate surface area is 87.6 Å². The molecule has 0 aliphatic carbocycles. The van der Waals surface area contributed by atoms with Gasteiger partial charge in [-0.1, -0.05) is 0 Å². The van der Waals surface area contributed by atoms with E-state index in [1.54, 1.807) is 0 Å². The lowest BCUT2D eigenvalue weighted by Gasteiger charge is -2.37. The Morgan fingerprint density at radius 2 is 2.14 bits per heavy atom. The lowest BCUT2D eigenvalue weighted by Crippen LogP contribution is -2.50. The van der Waals surface area contributed by atoms with Gasteiger partial charge >= 0.3 is 0 Å². The fraction of sp³-hybridized carbons (Fsp3) is 1.00. The minimum atomic E-state index is 0.0841. The fourth-order valence-corrected chi connectivity index (χ4v) is 1.66. The Morgan fingerprint density at radius 3 is 2.64 bits per heavy atom. The Morgan fingerprint density at radius 1 is 1.43 bits per heavy atom. The van der Waals surface area contributed by atoms with Gasteiger partial charge in [0.2, 0.25) is 0 Å². The zero-order valence-electron chi connectivity index (χ0n) is 9.75. The topological polar surface area (TPSA) is 38.5 Å². The largest absolute Gasteiger partial charge is 0.377 e. The van der Waals surface area contributed by atoms with Crippen LogP contribution in [-0.2, 0) is 4.74 Å². The molecular weight excluding hydrogens is 176 g/mol. The molecule has 1 aliphatic heterocycles. The van der Waals surface area contributed by atoms with Crippen molar-refractivity contribution in [2.45, 2.75) is 44.8 Å². The van der Waals surface area contributed by atoms with Gasteiger partial charge in [0.25, 0.3) is 0 Å². The van der Waals surface area contributed by atoms with Gasteiger partial charge in [-0.05, 0) is 40.2 Å². The van der Waals surface area contributed by atoms with E-state index in [0.717, 1.165) is 13.2 Å². The van der Waals surface area contributed by atoms with Crippen molar-refractivity contribution in [3.63, 3.8) is 0 Å². The fourth-order valence-electron chi connectivity index (χ4n) is 1.66. The summed E-state index contributed by atoms with van der Waals surface area (Å²) in [6.45, 7) is 6.98. The van der Waals surface area contributed by atoms with Crippen LogP contribution in [0.25, 0.3) is 0 Å². The van der Waals surface area contributed by atoms with E-state index in [4.69, 9.17) is 10.5 Å². The van der Waals surface area contributed by atoms with Crippen molar-refractivity contribution < 1.29 is 4.74 Å². The van der Waals surface area contributed by atoms with Crippen molar-refractivity contribution in [2.75, 3.05) is 26.7 Å². The molecule has 3 heteroatoms. The van der Waals surface area contributed by atoms with E-state index in [9.17, 15) is 0 Å². The molecule has 0 bridgehead atoms. The molecule has 1 rings (SSSR count). The number of nitrogens with two attached hydrogens (primary N) is 1. The summed E-state index contributed by atoms with van der Waals surface area (Å²) in [7, 11) is 2.13. The van der Waals surface area contributed by atoms with Crippen LogP contribution in [0.3, 0.4) is 0 Å². The standard InChI is InChI=1S/C11H24N2O/c1-11(2,9-12)13(3)8-10-6-4-5-7-14-10/h10H,4-9,12H2,1-3H3. The van der Waals surface area contributed by atoms with Gasteiger partial charge in [-0.3, -0.25) is 4.90 Å². The lowest BCUT2D eigenvalue weighted by atomic mass is 10.0. The summed E-state index contributed by atoms with van der Waals surface area (Å²) in [5.74, 6) is 0. The molecule has 0 aromatic heterocycles. The highest BCUT2D eigenvalue weighted by Gasteiger charge is 2.25. The Hall–Kier alpha value is -0.120. The van der Waals surface area contributed by atoms with Crippen LogP contribution in [-0.4, -0.2) is 43.3 Å². The highest BCUT2D eigenvalue weighted by Crippen LogP contribution is 2.17. The molecule has 0 spiro atoms. The monoisotopic (exact) mass is 200 g/mol. The average molecular weight is 200 g/mol. The van der Waals surface area contributed by atoms with Gasteiger partial charge in [-0.15, -0.1) is 0 Å². The molecule has 84 valence electrons. The van der Waals surface area contributed by atoms with E-state index in [1.807, 2.05) is 0 Å². The second kappa shape index (κ2) is 5.10. The number of nitrogens with zero attached hydrogens (tertiary/aromatic N) is 1. The first-order valence-corrected chi connectivity index (χ1v) is 5.59. The lowest BCUT2D eigenvalue weighted by molar-refractivity contribution is -0.0170. The van der Waals surface area contributed by atoms with E-state index in [1.165, 1.54) is 19.3 Å². The number of hydrogen-bond donors (Lipinski definition) is 1. The van der Waals surface area contributed by atoms with Gasteiger partial charge in [0.15, 0.2) is 0 Å². The van der Waals surface area contributed by atoms with Crippen molar-refractivity contribution in [1.82, 2.24) is 4.90 Å². The predicted molar refractivity (Wildman–Crippen MR) is 59.4 cm³/mol. The van der Waals surface area contributed by atoms with Crippen LogP contribution >= 0.6 is 0 Å². The molecule has 1 saturated heterocycles. The van der Waals surface area contributed by atoms with Crippen LogP contribution in [0.15, 0.2) is 0 Å². The third-order valence-corrected chi connectivity index (χ3v) is 3.28. The summed E-state index contributed by atoms with van der Waals surface area (Å²) >= 11 is 0. The number of ether oxygens (including phenoxy) is 1. The number of rotatable bonds is 4. The normalized spacial score (nSPS) is 24.2. The van der Waals surface area contributed by atoms with Crippen LogP contribution < -0.4 is 5.73 Å². The molecule has 0 aromatic rings. The quantitative estimate of drug-likeness (QED) is 0.741. The first-order valence-electron chi connectivity index (χ1n) is 5.59. The van der Waals surface area contributed by atoms with Gasteiger partial charge in [-0.2, -0.15) is 0 Å². The summed E-state index contributed by atoms with van der Waals surface area (Å²) in [5, 5.41) is 0. The second-order valence-corrected chi connectivity index (χ2v) is 4.89. The average Bonchev–Trinajstić information content (AvgIpc) is 2.19. The van der Waals surface area contributed by atoms with E-state index in [0.29, 0.717) is 12.6 Å². The van der Waals surface area contributed by atoms with Crippen LogP contribution in [0.5, 0.6) is 0 Å². The number of likely N-dealkylation sites (N-methyl/N-ethyl adjacent to an activating group) is 1. The first-order chi connectivity index (χ1) is 6.56. The van der Waals surface area contributed by atoms with Gasteiger partial charge in [0, 0.05) is 25.2 Å². The highest BCUT2D eigenvalue weighted by atomic mass is 16.5. The zero-order valence-corrected chi connectivity index (χ0v) is 9.75.